The van der Waals surface area contributed by atoms with Crippen LogP contribution in [0.4, 0.5) is 11.6 Å². The molecule has 0 fully saturated rings. The molecule has 3 aromatic rings. The third kappa shape index (κ3) is 2.68. The SMILES string of the molecule is COc1cc(S)cc(/N=N/c2nc3ccccc3[nH]2)c1O. The summed E-state index contributed by atoms with van der Waals surface area (Å²) in [5, 5.41) is 18.0. The molecule has 1 aromatic heterocycles. The molecule has 0 saturated carbocycles. The Labute approximate surface area is 125 Å². The number of nitrogens with one attached hydrogen (secondary N) is 1. The number of hydrogen-bond donors (Lipinski definition) is 3. The molecule has 6 nitrogen and oxygen atoms in total. The molecule has 2 aromatic carbocycles. The van der Waals surface area contributed by atoms with Crippen LogP contribution >= 0.6 is 12.6 Å². The largest absolute Gasteiger partial charge is 0.503 e. The lowest BCUT2D eigenvalue weighted by Gasteiger charge is -2.05. The minimum Gasteiger partial charge on any atom is -0.503 e. The van der Waals surface area contributed by atoms with E-state index in [0.717, 1.165) is 11.0 Å². The second-order valence-corrected chi connectivity index (χ2v) is 4.81. The van der Waals surface area contributed by atoms with Crippen LogP contribution in [0.3, 0.4) is 0 Å². The quantitative estimate of drug-likeness (QED) is 0.505. The number of aromatic nitrogens is 2. The summed E-state index contributed by atoms with van der Waals surface area (Å²) in [6.07, 6.45) is 0. The normalized spacial score (nSPS) is 11.3. The second-order valence-electron chi connectivity index (χ2n) is 4.29. The van der Waals surface area contributed by atoms with Gasteiger partial charge in [-0.15, -0.1) is 22.9 Å². The fraction of sp³-hybridized carbons (Fsp3) is 0.0714. The summed E-state index contributed by atoms with van der Waals surface area (Å²) in [4.78, 5) is 7.91. The molecule has 0 atom stereocenters. The summed E-state index contributed by atoms with van der Waals surface area (Å²) < 4.78 is 5.04. The van der Waals surface area contributed by atoms with Crippen LogP contribution in [0.2, 0.25) is 0 Å². The first kappa shape index (κ1) is 13.4. The van der Waals surface area contributed by atoms with Gasteiger partial charge in [0.05, 0.1) is 18.1 Å². The van der Waals surface area contributed by atoms with Gasteiger partial charge in [0.2, 0.25) is 5.95 Å². The molecule has 0 bridgehead atoms. The van der Waals surface area contributed by atoms with Gasteiger partial charge in [0, 0.05) is 4.90 Å². The first-order chi connectivity index (χ1) is 10.2. The topological polar surface area (TPSA) is 82.9 Å². The number of fused-ring (bicyclic) bond motifs is 1. The number of benzene rings is 2. The molecule has 7 heteroatoms. The van der Waals surface area contributed by atoms with Crippen molar-refractivity contribution in [2.45, 2.75) is 4.90 Å². The fourth-order valence-electron chi connectivity index (χ4n) is 1.90. The number of H-pyrrole nitrogens is 1. The Bertz CT molecular complexity index is 796. The van der Waals surface area contributed by atoms with Gasteiger partial charge in [-0.3, -0.25) is 0 Å². The predicted molar refractivity (Wildman–Crippen MR) is 82.2 cm³/mol. The number of rotatable bonds is 3. The number of aromatic amines is 1. The number of aromatic hydroxyl groups is 1. The van der Waals surface area contributed by atoms with Gasteiger partial charge in [-0.25, -0.2) is 4.98 Å². The van der Waals surface area contributed by atoms with E-state index in [-0.39, 0.29) is 11.4 Å². The molecule has 0 aliphatic rings. The van der Waals surface area contributed by atoms with Crippen molar-refractivity contribution in [3.8, 4) is 11.5 Å². The molecule has 0 aliphatic carbocycles. The molecule has 1 heterocycles. The molecule has 0 spiro atoms. The molecular weight excluding hydrogens is 288 g/mol. The van der Waals surface area contributed by atoms with Crippen molar-refractivity contribution in [3.63, 3.8) is 0 Å². The summed E-state index contributed by atoms with van der Waals surface area (Å²) in [7, 11) is 1.46. The van der Waals surface area contributed by atoms with Gasteiger partial charge >= 0.3 is 0 Å². The van der Waals surface area contributed by atoms with Crippen LogP contribution in [-0.4, -0.2) is 22.2 Å². The third-order valence-corrected chi connectivity index (χ3v) is 3.15. The number of phenols is 1. The van der Waals surface area contributed by atoms with Crippen molar-refractivity contribution in [2.24, 2.45) is 10.2 Å². The van der Waals surface area contributed by atoms with Crippen molar-refractivity contribution in [2.75, 3.05) is 7.11 Å². The lowest BCUT2D eigenvalue weighted by molar-refractivity contribution is 0.373. The average Bonchev–Trinajstić information content (AvgIpc) is 2.90. The summed E-state index contributed by atoms with van der Waals surface area (Å²) >= 11 is 4.23. The number of thiol groups is 1. The molecule has 0 unspecified atom stereocenters. The molecule has 0 radical (unpaired) electrons. The average molecular weight is 300 g/mol. The van der Waals surface area contributed by atoms with Gasteiger partial charge in [-0.05, 0) is 24.3 Å². The summed E-state index contributed by atoms with van der Waals surface area (Å²) in [5.74, 6) is 0.565. The summed E-state index contributed by atoms with van der Waals surface area (Å²) in [5.41, 5.74) is 1.94. The molecular formula is C14H12N4O2S. The molecule has 0 aliphatic heterocycles. The molecule has 3 rings (SSSR count). The Morgan fingerprint density at radius 3 is 2.81 bits per heavy atom. The Morgan fingerprint density at radius 2 is 2.05 bits per heavy atom. The van der Waals surface area contributed by atoms with Gasteiger partial charge in [0.1, 0.15) is 5.69 Å². The van der Waals surface area contributed by atoms with Gasteiger partial charge in [0.25, 0.3) is 0 Å². The van der Waals surface area contributed by atoms with Crippen molar-refractivity contribution >= 4 is 35.3 Å². The van der Waals surface area contributed by atoms with Crippen LogP contribution < -0.4 is 4.74 Å². The van der Waals surface area contributed by atoms with Crippen LogP contribution in [0, 0.1) is 0 Å². The molecule has 0 amide bonds. The number of ether oxygens (including phenoxy) is 1. The standard InChI is InChI=1S/C14H12N4O2S/c1-20-12-7-8(21)6-11(13(12)19)17-18-14-15-9-4-2-3-5-10(9)16-14/h2-7,19,21H,1H3,(H,15,16)/b18-17+. The third-order valence-electron chi connectivity index (χ3n) is 2.89. The Morgan fingerprint density at radius 1 is 1.24 bits per heavy atom. The van der Waals surface area contributed by atoms with Gasteiger partial charge in [-0.2, -0.15) is 0 Å². The maximum atomic E-state index is 9.99. The zero-order valence-electron chi connectivity index (χ0n) is 11.1. The van der Waals surface area contributed by atoms with Crippen LogP contribution in [0.1, 0.15) is 0 Å². The molecule has 0 saturated heterocycles. The van der Waals surface area contributed by atoms with E-state index in [4.69, 9.17) is 4.74 Å². The van der Waals surface area contributed by atoms with E-state index in [1.807, 2.05) is 24.3 Å². The highest BCUT2D eigenvalue weighted by molar-refractivity contribution is 7.80. The van der Waals surface area contributed by atoms with Crippen molar-refractivity contribution in [1.82, 2.24) is 9.97 Å². The van der Waals surface area contributed by atoms with Crippen molar-refractivity contribution in [1.29, 1.82) is 0 Å². The molecule has 21 heavy (non-hydrogen) atoms. The van der Waals surface area contributed by atoms with Gasteiger partial charge in [-0.1, -0.05) is 12.1 Å². The summed E-state index contributed by atoms with van der Waals surface area (Å²) in [6, 6.07) is 10.8. The smallest absolute Gasteiger partial charge is 0.247 e. The Kier molecular flexibility index (Phi) is 3.49. The maximum absolute atomic E-state index is 9.99. The highest BCUT2D eigenvalue weighted by atomic mass is 32.1. The highest BCUT2D eigenvalue weighted by Crippen LogP contribution is 2.39. The number of nitrogens with zero attached hydrogens (tertiary/aromatic N) is 3. The van der Waals surface area contributed by atoms with Gasteiger partial charge < -0.3 is 14.8 Å². The second kappa shape index (κ2) is 5.45. The number of para-hydroxylation sites is 2. The van der Waals surface area contributed by atoms with Crippen molar-refractivity contribution in [3.05, 3.63) is 36.4 Å². The lowest BCUT2D eigenvalue weighted by atomic mass is 10.3. The number of imidazole rings is 1. The van der Waals surface area contributed by atoms with E-state index in [9.17, 15) is 5.11 Å². The molecule has 2 N–H and O–H groups in total. The maximum Gasteiger partial charge on any atom is 0.247 e. The number of phenolic OH excluding ortho intramolecular Hbond substituents is 1. The van der Waals surface area contributed by atoms with E-state index in [1.165, 1.54) is 7.11 Å². The van der Waals surface area contributed by atoms with E-state index in [1.54, 1.807) is 12.1 Å². The van der Waals surface area contributed by atoms with Crippen LogP contribution in [0.5, 0.6) is 11.5 Å². The monoisotopic (exact) mass is 300 g/mol. The number of hydrogen-bond acceptors (Lipinski definition) is 6. The van der Waals surface area contributed by atoms with E-state index in [2.05, 4.69) is 32.8 Å². The first-order valence-electron chi connectivity index (χ1n) is 6.14. The lowest BCUT2D eigenvalue weighted by Crippen LogP contribution is -1.83. The minimum atomic E-state index is -0.0878. The zero-order chi connectivity index (χ0) is 14.8. The van der Waals surface area contributed by atoms with Gasteiger partial charge in [0.15, 0.2) is 11.5 Å². The summed E-state index contributed by atoms with van der Waals surface area (Å²) in [6.45, 7) is 0. The van der Waals surface area contributed by atoms with E-state index in [0.29, 0.717) is 16.6 Å². The van der Waals surface area contributed by atoms with E-state index >= 15 is 0 Å². The van der Waals surface area contributed by atoms with Crippen LogP contribution in [0.15, 0.2) is 51.5 Å². The van der Waals surface area contributed by atoms with Crippen molar-refractivity contribution < 1.29 is 9.84 Å². The first-order valence-corrected chi connectivity index (χ1v) is 6.58. The van der Waals surface area contributed by atoms with Crippen LogP contribution in [0.25, 0.3) is 11.0 Å². The Balaban J connectivity index is 1.97. The fourth-order valence-corrected chi connectivity index (χ4v) is 2.14. The minimum absolute atomic E-state index is 0.0878. The predicted octanol–water partition coefficient (Wildman–Crippen LogP) is 3.98. The van der Waals surface area contributed by atoms with Crippen LogP contribution in [-0.2, 0) is 0 Å². The molecule has 106 valence electrons. The Hall–Kier alpha value is -2.54. The zero-order valence-corrected chi connectivity index (χ0v) is 12.0. The number of azo groups is 1. The highest BCUT2D eigenvalue weighted by Gasteiger charge is 2.09. The van der Waals surface area contributed by atoms with E-state index < -0.39 is 0 Å². The number of methoxy groups -OCH3 is 1.